The molecule has 0 bridgehead atoms. The zero-order valence-corrected chi connectivity index (χ0v) is 15.8. The number of esters is 2. The van der Waals surface area contributed by atoms with E-state index in [0.29, 0.717) is 22.7 Å². The number of benzene rings is 1. The molecule has 0 saturated carbocycles. The lowest BCUT2D eigenvalue weighted by Gasteiger charge is -2.15. The van der Waals surface area contributed by atoms with Gasteiger partial charge in [0.05, 0.1) is 25.5 Å². The lowest BCUT2D eigenvalue weighted by Crippen LogP contribution is -2.30. The van der Waals surface area contributed by atoms with Crippen molar-refractivity contribution in [2.45, 2.75) is 26.9 Å². The number of amides is 1. The summed E-state index contributed by atoms with van der Waals surface area (Å²) in [5.74, 6) is -1.32. The van der Waals surface area contributed by atoms with Gasteiger partial charge in [-0.05, 0) is 38.5 Å². The van der Waals surface area contributed by atoms with Crippen LogP contribution >= 0.6 is 0 Å². The molecule has 2 N–H and O–H groups in total. The first kappa shape index (κ1) is 20.0. The van der Waals surface area contributed by atoms with Gasteiger partial charge in [-0.1, -0.05) is 12.1 Å². The van der Waals surface area contributed by atoms with E-state index in [1.165, 1.54) is 21.1 Å². The van der Waals surface area contributed by atoms with Gasteiger partial charge in [0.2, 0.25) is 0 Å². The molecule has 1 heterocycles. The Morgan fingerprint density at radius 1 is 1.07 bits per heavy atom. The number of anilines is 1. The summed E-state index contributed by atoms with van der Waals surface area (Å²) >= 11 is 0. The van der Waals surface area contributed by atoms with E-state index in [1.54, 1.807) is 38.1 Å². The largest absolute Gasteiger partial charge is 0.495 e. The average molecular weight is 374 g/mol. The number of aryl methyl sites for hydroxylation is 1. The number of hydrogen-bond acceptors (Lipinski definition) is 6. The third kappa shape index (κ3) is 4.28. The summed E-state index contributed by atoms with van der Waals surface area (Å²) in [6.07, 6.45) is -1.06. The fourth-order valence-electron chi connectivity index (χ4n) is 2.62. The topological polar surface area (TPSA) is 107 Å². The Kier molecular flexibility index (Phi) is 6.23. The fraction of sp³-hybridized carbons (Fsp3) is 0.316. The van der Waals surface area contributed by atoms with Gasteiger partial charge in [-0.25, -0.2) is 9.59 Å². The average Bonchev–Trinajstić information content (AvgIpc) is 2.95. The van der Waals surface area contributed by atoms with Gasteiger partial charge in [0, 0.05) is 5.69 Å². The van der Waals surface area contributed by atoms with Crippen LogP contribution in [0.2, 0.25) is 0 Å². The molecule has 8 heteroatoms. The summed E-state index contributed by atoms with van der Waals surface area (Å²) in [4.78, 5) is 39.4. The first-order valence-corrected chi connectivity index (χ1v) is 8.22. The molecule has 0 fully saturated rings. The number of H-pyrrole nitrogens is 1. The van der Waals surface area contributed by atoms with E-state index in [1.807, 2.05) is 0 Å². The second-order valence-electron chi connectivity index (χ2n) is 5.85. The third-order valence-corrected chi connectivity index (χ3v) is 4.05. The number of ether oxygens (including phenoxy) is 3. The minimum absolute atomic E-state index is 0.102. The van der Waals surface area contributed by atoms with E-state index in [2.05, 4.69) is 10.3 Å². The number of carbonyl (C=O) groups is 3. The number of hydrogen-bond donors (Lipinski definition) is 2. The van der Waals surface area contributed by atoms with Crippen LogP contribution in [0, 0.1) is 13.8 Å². The Balaban J connectivity index is 2.11. The standard InChI is InChI=1S/C19H22N2O6/c1-10-15(18(23)26-5)11(2)20-16(10)19(24)27-12(3)17(22)21-13-8-6-7-9-14(13)25-4/h6-9,12,20H,1-5H3,(H,21,22)/t12-/m1/s1. The summed E-state index contributed by atoms with van der Waals surface area (Å²) in [5, 5.41) is 2.65. The van der Waals surface area contributed by atoms with E-state index >= 15 is 0 Å². The maximum absolute atomic E-state index is 12.4. The molecular weight excluding hydrogens is 352 g/mol. The molecule has 0 aliphatic heterocycles. The van der Waals surface area contributed by atoms with Crippen LogP contribution < -0.4 is 10.1 Å². The molecule has 1 aromatic carbocycles. The van der Waals surface area contributed by atoms with Gasteiger partial charge in [0.1, 0.15) is 11.4 Å². The van der Waals surface area contributed by atoms with E-state index in [-0.39, 0.29) is 11.3 Å². The summed E-state index contributed by atoms with van der Waals surface area (Å²) in [7, 11) is 2.75. The van der Waals surface area contributed by atoms with Crippen molar-refractivity contribution in [1.29, 1.82) is 0 Å². The SMILES string of the molecule is COC(=O)c1c(C)[nH]c(C(=O)O[C@H](C)C(=O)Nc2ccccc2OC)c1C. The molecule has 144 valence electrons. The molecule has 1 amide bonds. The van der Waals surface area contributed by atoms with Crippen molar-refractivity contribution in [3.63, 3.8) is 0 Å². The highest BCUT2D eigenvalue weighted by Crippen LogP contribution is 2.24. The molecule has 0 radical (unpaired) electrons. The van der Waals surface area contributed by atoms with Crippen LogP contribution in [0.1, 0.15) is 39.0 Å². The van der Waals surface area contributed by atoms with Crippen LogP contribution in [0.25, 0.3) is 0 Å². The van der Waals surface area contributed by atoms with Crippen LogP contribution in [-0.4, -0.2) is 43.2 Å². The number of aromatic nitrogens is 1. The highest BCUT2D eigenvalue weighted by Gasteiger charge is 2.26. The quantitative estimate of drug-likeness (QED) is 0.753. The molecule has 1 atom stereocenters. The van der Waals surface area contributed by atoms with E-state index in [0.717, 1.165) is 0 Å². The van der Waals surface area contributed by atoms with Crippen molar-refractivity contribution in [2.24, 2.45) is 0 Å². The van der Waals surface area contributed by atoms with Crippen molar-refractivity contribution in [3.05, 3.63) is 46.8 Å². The van der Waals surface area contributed by atoms with Crippen LogP contribution in [0.5, 0.6) is 5.75 Å². The van der Waals surface area contributed by atoms with Crippen molar-refractivity contribution >= 4 is 23.5 Å². The zero-order chi connectivity index (χ0) is 20.1. The third-order valence-electron chi connectivity index (χ3n) is 4.05. The fourth-order valence-corrected chi connectivity index (χ4v) is 2.62. The predicted octanol–water partition coefficient (Wildman–Crippen LogP) is 2.61. The molecule has 8 nitrogen and oxygen atoms in total. The number of rotatable bonds is 6. The molecule has 0 unspecified atom stereocenters. The van der Waals surface area contributed by atoms with E-state index in [9.17, 15) is 14.4 Å². The number of para-hydroxylation sites is 2. The smallest absolute Gasteiger partial charge is 0.355 e. The van der Waals surface area contributed by atoms with Gasteiger partial charge in [-0.15, -0.1) is 0 Å². The molecule has 0 saturated heterocycles. The lowest BCUT2D eigenvalue weighted by molar-refractivity contribution is -0.123. The lowest BCUT2D eigenvalue weighted by atomic mass is 10.1. The zero-order valence-electron chi connectivity index (χ0n) is 15.8. The molecule has 27 heavy (non-hydrogen) atoms. The summed E-state index contributed by atoms with van der Waals surface area (Å²) in [6.45, 7) is 4.70. The minimum atomic E-state index is -1.06. The van der Waals surface area contributed by atoms with Gasteiger partial charge >= 0.3 is 11.9 Å². The van der Waals surface area contributed by atoms with Gasteiger partial charge in [-0.2, -0.15) is 0 Å². The monoisotopic (exact) mass is 374 g/mol. The molecular formula is C19H22N2O6. The van der Waals surface area contributed by atoms with E-state index < -0.39 is 23.9 Å². The highest BCUT2D eigenvalue weighted by molar-refractivity contribution is 6.00. The summed E-state index contributed by atoms with van der Waals surface area (Å²) in [6, 6.07) is 6.89. The van der Waals surface area contributed by atoms with Gasteiger partial charge in [0.25, 0.3) is 5.91 Å². The number of aromatic amines is 1. The minimum Gasteiger partial charge on any atom is -0.495 e. The molecule has 0 aliphatic rings. The molecule has 0 spiro atoms. The van der Waals surface area contributed by atoms with Crippen molar-refractivity contribution < 1.29 is 28.6 Å². The van der Waals surface area contributed by atoms with Crippen molar-refractivity contribution in [1.82, 2.24) is 4.98 Å². The normalized spacial score (nSPS) is 11.4. The van der Waals surface area contributed by atoms with Gasteiger partial charge in [0.15, 0.2) is 6.10 Å². The van der Waals surface area contributed by atoms with Crippen molar-refractivity contribution in [2.75, 3.05) is 19.5 Å². The number of carbonyl (C=O) groups excluding carboxylic acids is 3. The van der Waals surface area contributed by atoms with Gasteiger partial charge < -0.3 is 24.5 Å². The second-order valence-corrected chi connectivity index (χ2v) is 5.85. The Bertz CT molecular complexity index is 871. The number of nitrogens with one attached hydrogen (secondary N) is 2. The number of methoxy groups -OCH3 is 2. The second kappa shape index (κ2) is 8.39. The van der Waals surface area contributed by atoms with Crippen LogP contribution in [-0.2, 0) is 14.3 Å². The van der Waals surface area contributed by atoms with Crippen LogP contribution in [0.15, 0.2) is 24.3 Å². The van der Waals surface area contributed by atoms with Crippen molar-refractivity contribution in [3.8, 4) is 5.75 Å². The summed E-state index contributed by atoms with van der Waals surface area (Å²) in [5.41, 5.74) is 1.73. The molecule has 0 aliphatic carbocycles. The van der Waals surface area contributed by atoms with Gasteiger partial charge in [-0.3, -0.25) is 4.79 Å². The maximum atomic E-state index is 12.4. The predicted molar refractivity (Wildman–Crippen MR) is 98.1 cm³/mol. The van der Waals surface area contributed by atoms with Crippen LogP contribution in [0.3, 0.4) is 0 Å². The molecule has 2 rings (SSSR count). The molecule has 1 aromatic heterocycles. The van der Waals surface area contributed by atoms with Crippen LogP contribution in [0.4, 0.5) is 5.69 Å². The Morgan fingerprint density at radius 3 is 2.37 bits per heavy atom. The maximum Gasteiger partial charge on any atom is 0.355 e. The Hall–Kier alpha value is -3.29. The van der Waals surface area contributed by atoms with E-state index in [4.69, 9.17) is 14.2 Å². The molecule has 2 aromatic rings. The highest BCUT2D eigenvalue weighted by atomic mass is 16.5. The first-order chi connectivity index (χ1) is 12.8. The summed E-state index contributed by atoms with van der Waals surface area (Å²) < 4.78 is 15.1. The Labute approximate surface area is 156 Å². The first-order valence-electron chi connectivity index (χ1n) is 8.22. The Morgan fingerprint density at radius 2 is 1.74 bits per heavy atom.